The number of amides is 1. The second-order valence-electron chi connectivity index (χ2n) is 7.27. The lowest BCUT2D eigenvalue weighted by Crippen LogP contribution is -2.41. The van der Waals surface area contributed by atoms with Gasteiger partial charge in [0.25, 0.3) is 0 Å². The maximum absolute atomic E-state index is 13.2. The van der Waals surface area contributed by atoms with Gasteiger partial charge in [-0.25, -0.2) is 4.98 Å². The molecule has 2 N–H and O–H groups in total. The number of rotatable bonds is 8. The number of nitrogens with one attached hydrogen (secondary N) is 2. The molecule has 0 aliphatic rings. The Morgan fingerprint density at radius 2 is 1.81 bits per heavy atom. The van der Waals surface area contributed by atoms with Gasteiger partial charge in [0.1, 0.15) is 0 Å². The number of nitrogens with zero attached hydrogens (tertiary/aromatic N) is 2. The van der Waals surface area contributed by atoms with Gasteiger partial charge in [-0.05, 0) is 54.3 Å². The molecule has 6 heteroatoms. The second-order valence-corrected chi connectivity index (χ2v) is 8.59. The summed E-state index contributed by atoms with van der Waals surface area (Å²) in [6, 6.07) is 21.5. The lowest BCUT2D eigenvalue weighted by molar-refractivity contribution is -0.118. The van der Waals surface area contributed by atoms with Crippen LogP contribution in [0.4, 0.5) is 5.69 Å². The van der Waals surface area contributed by atoms with E-state index in [2.05, 4.69) is 20.6 Å². The highest BCUT2D eigenvalue weighted by atomic mass is 32.1. The van der Waals surface area contributed by atoms with E-state index in [0.29, 0.717) is 13.0 Å². The average Bonchev–Trinajstić information content (AvgIpc) is 3.23. The standard InChI is InChI=1S/C25H24N4OS/c1-18-27-16-23(31-18)17-28-24(14-19-6-3-2-4-7-19)25(30)29-22-9-5-8-21(15-22)20-10-12-26-13-11-20/h2-13,15-16,24,28H,14,17H2,1H3,(H,29,30)/t24-/m0/s1. The maximum atomic E-state index is 13.2. The van der Waals surface area contributed by atoms with Gasteiger partial charge in [-0.2, -0.15) is 0 Å². The number of benzene rings is 2. The first-order chi connectivity index (χ1) is 15.2. The molecule has 0 aliphatic heterocycles. The number of aryl methyl sites for hydroxylation is 1. The van der Waals surface area contributed by atoms with E-state index < -0.39 is 0 Å². The Balaban J connectivity index is 1.49. The third-order valence-electron chi connectivity index (χ3n) is 4.93. The minimum Gasteiger partial charge on any atom is -0.325 e. The van der Waals surface area contributed by atoms with Gasteiger partial charge < -0.3 is 10.6 Å². The van der Waals surface area contributed by atoms with Crippen molar-refractivity contribution in [3.05, 3.63) is 101 Å². The minimum absolute atomic E-state index is 0.0584. The van der Waals surface area contributed by atoms with Crippen molar-refractivity contribution < 1.29 is 4.79 Å². The molecule has 0 spiro atoms. The number of pyridine rings is 1. The zero-order valence-corrected chi connectivity index (χ0v) is 18.1. The number of carbonyl (C=O) groups excluding carboxylic acids is 1. The van der Waals surface area contributed by atoms with Crippen LogP contribution in [0.2, 0.25) is 0 Å². The van der Waals surface area contributed by atoms with Crippen LogP contribution in [-0.4, -0.2) is 21.9 Å². The molecule has 0 saturated heterocycles. The van der Waals surface area contributed by atoms with E-state index in [1.807, 2.05) is 79.9 Å². The van der Waals surface area contributed by atoms with E-state index in [-0.39, 0.29) is 11.9 Å². The molecule has 0 fully saturated rings. The number of aromatic nitrogens is 2. The Morgan fingerprint density at radius 1 is 1.00 bits per heavy atom. The molecular formula is C25H24N4OS. The van der Waals surface area contributed by atoms with Crippen molar-refractivity contribution in [3.63, 3.8) is 0 Å². The largest absolute Gasteiger partial charge is 0.325 e. The third kappa shape index (κ3) is 5.84. The van der Waals surface area contributed by atoms with Crippen molar-refractivity contribution in [2.45, 2.75) is 25.9 Å². The van der Waals surface area contributed by atoms with E-state index in [4.69, 9.17) is 0 Å². The quantitative estimate of drug-likeness (QED) is 0.421. The molecule has 0 radical (unpaired) electrons. The summed E-state index contributed by atoms with van der Waals surface area (Å²) in [6.07, 6.45) is 6.00. The number of anilines is 1. The fourth-order valence-electron chi connectivity index (χ4n) is 3.37. The fourth-order valence-corrected chi connectivity index (χ4v) is 4.11. The molecule has 1 amide bonds. The molecule has 5 nitrogen and oxygen atoms in total. The summed E-state index contributed by atoms with van der Waals surface area (Å²) in [7, 11) is 0. The van der Waals surface area contributed by atoms with Gasteiger partial charge in [0.15, 0.2) is 0 Å². The molecule has 2 heterocycles. The first-order valence-corrected chi connectivity index (χ1v) is 11.0. The zero-order chi connectivity index (χ0) is 21.5. The van der Waals surface area contributed by atoms with Crippen molar-refractivity contribution >= 4 is 22.9 Å². The Labute approximate surface area is 186 Å². The molecule has 2 aromatic carbocycles. The Morgan fingerprint density at radius 3 is 2.55 bits per heavy atom. The topological polar surface area (TPSA) is 66.9 Å². The summed E-state index contributed by atoms with van der Waals surface area (Å²) in [5, 5.41) is 7.52. The van der Waals surface area contributed by atoms with E-state index in [1.54, 1.807) is 23.7 Å². The molecule has 4 rings (SSSR count). The predicted molar refractivity (Wildman–Crippen MR) is 126 cm³/mol. The van der Waals surface area contributed by atoms with Gasteiger partial charge in [0.05, 0.1) is 11.0 Å². The van der Waals surface area contributed by atoms with Crippen LogP contribution in [0.25, 0.3) is 11.1 Å². The summed E-state index contributed by atoms with van der Waals surface area (Å²) in [5.74, 6) is -0.0584. The molecule has 2 aromatic heterocycles. The predicted octanol–water partition coefficient (Wildman–Crippen LogP) is 4.85. The third-order valence-corrected chi connectivity index (χ3v) is 5.85. The van der Waals surface area contributed by atoms with Gasteiger partial charge in [-0.3, -0.25) is 9.78 Å². The van der Waals surface area contributed by atoms with Gasteiger partial charge in [0, 0.05) is 35.7 Å². The van der Waals surface area contributed by atoms with Crippen LogP contribution >= 0.6 is 11.3 Å². The van der Waals surface area contributed by atoms with Crippen LogP contribution in [0.3, 0.4) is 0 Å². The maximum Gasteiger partial charge on any atom is 0.241 e. The number of hydrogen-bond donors (Lipinski definition) is 2. The van der Waals surface area contributed by atoms with Crippen LogP contribution < -0.4 is 10.6 Å². The van der Waals surface area contributed by atoms with Crippen molar-refractivity contribution in [1.82, 2.24) is 15.3 Å². The van der Waals surface area contributed by atoms with E-state index in [1.165, 1.54) is 0 Å². The second kappa shape index (κ2) is 10.1. The van der Waals surface area contributed by atoms with Crippen LogP contribution in [0.1, 0.15) is 15.4 Å². The highest BCUT2D eigenvalue weighted by molar-refractivity contribution is 7.11. The molecular weight excluding hydrogens is 404 g/mol. The SMILES string of the molecule is Cc1ncc(CN[C@@H](Cc2ccccc2)C(=O)Nc2cccc(-c3ccncc3)c2)s1. The van der Waals surface area contributed by atoms with Crippen molar-refractivity contribution in [2.75, 3.05) is 5.32 Å². The number of thiazole rings is 1. The van der Waals surface area contributed by atoms with Crippen LogP contribution in [0.5, 0.6) is 0 Å². The van der Waals surface area contributed by atoms with Gasteiger partial charge in [-0.1, -0.05) is 42.5 Å². The fraction of sp³-hybridized carbons (Fsp3) is 0.160. The summed E-state index contributed by atoms with van der Waals surface area (Å²) in [5.41, 5.74) is 3.98. The Hall–Kier alpha value is -3.35. The highest BCUT2D eigenvalue weighted by Gasteiger charge is 2.19. The van der Waals surface area contributed by atoms with E-state index in [9.17, 15) is 4.79 Å². The van der Waals surface area contributed by atoms with E-state index in [0.717, 1.165) is 32.3 Å². The molecule has 0 saturated carbocycles. The summed E-state index contributed by atoms with van der Waals surface area (Å²) < 4.78 is 0. The van der Waals surface area contributed by atoms with Gasteiger partial charge >= 0.3 is 0 Å². The molecule has 4 aromatic rings. The molecule has 0 unspecified atom stereocenters. The monoisotopic (exact) mass is 428 g/mol. The average molecular weight is 429 g/mol. The normalized spacial score (nSPS) is 11.8. The van der Waals surface area contributed by atoms with Gasteiger partial charge in [-0.15, -0.1) is 11.3 Å². The van der Waals surface area contributed by atoms with Crippen LogP contribution in [0.15, 0.2) is 85.3 Å². The van der Waals surface area contributed by atoms with Crippen LogP contribution in [-0.2, 0) is 17.8 Å². The lowest BCUT2D eigenvalue weighted by Gasteiger charge is -2.19. The van der Waals surface area contributed by atoms with Crippen LogP contribution in [0, 0.1) is 6.92 Å². The lowest BCUT2D eigenvalue weighted by atomic mass is 10.0. The molecule has 0 aliphatic carbocycles. The number of hydrogen-bond acceptors (Lipinski definition) is 5. The first-order valence-electron chi connectivity index (χ1n) is 10.2. The Kier molecular flexibility index (Phi) is 6.82. The number of carbonyl (C=O) groups is 1. The minimum atomic E-state index is -0.366. The summed E-state index contributed by atoms with van der Waals surface area (Å²) >= 11 is 1.64. The van der Waals surface area contributed by atoms with Crippen molar-refractivity contribution in [1.29, 1.82) is 0 Å². The van der Waals surface area contributed by atoms with Gasteiger partial charge in [0.2, 0.25) is 5.91 Å². The van der Waals surface area contributed by atoms with Crippen molar-refractivity contribution in [3.8, 4) is 11.1 Å². The smallest absolute Gasteiger partial charge is 0.241 e. The summed E-state index contributed by atoms with van der Waals surface area (Å²) in [4.78, 5) is 22.7. The first kappa shape index (κ1) is 20.9. The zero-order valence-electron chi connectivity index (χ0n) is 17.3. The molecule has 31 heavy (non-hydrogen) atoms. The Bertz CT molecular complexity index is 1130. The van der Waals surface area contributed by atoms with E-state index >= 15 is 0 Å². The highest BCUT2D eigenvalue weighted by Crippen LogP contribution is 2.22. The molecule has 156 valence electrons. The molecule has 0 bridgehead atoms. The molecule has 1 atom stereocenters. The summed E-state index contributed by atoms with van der Waals surface area (Å²) in [6.45, 7) is 2.59. The van der Waals surface area contributed by atoms with Crippen molar-refractivity contribution in [2.24, 2.45) is 0 Å².